The number of amides is 1. The highest BCUT2D eigenvalue weighted by molar-refractivity contribution is 6.34. The lowest BCUT2D eigenvalue weighted by Gasteiger charge is -2.21. The molecule has 0 aliphatic heterocycles. The Hall–Kier alpha value is -2.56. The highest BCUT2D eigenvalue weighted by Gasteiger charge is 2.20. The molecule has 0 bridgehead atoms. The Labute approximate surface area is 174 Å². The molecule has 0 unspecified atom stereocenters. The number of anilines is 1. The second kappa shape index (κ2) is 8.21. The lowest BCUT2D eigenvalue weighted by atomic mass is 10.0. The molecular weight excluding hydrogens is 395 g/mol. The largest absolute Gasteiger partial charge is 0.493 e. The third-order valence-electron chi connectivity index (χ3n) is 4.54. The van der Waals surface area contributed by atoms with Gasteiger partial charge in [0.2, 0.25) is 0 Å². The molecule has 4 nitrogen and oxygen atoms in total. The Morgan fingerprint density at radius 1 is 1.00 bits per heavy atom. The number of para-hydroxylation sites is 1. The Morgan fingerprint density at radius 2 is 1.75 bits per heavy atom. The molecule has 0 aliphatic carbocycles. The van der Waals surface area contributed by atoms with Crippen LogP contribution in [0, 0.1) is 13.8 Å². The molecular formula is C22H20Cl2N2O2. The standard InChI is InChI=1S/C22H20Cl2N2O2/c1-13-8-10-16(14(2)25-13)17-12-15(9-11-18(17)23)22(27)26(3)20-7-5-6-19(24)21(20)28-4/h5-12H,1-4H3. The highest BCUT2D eigenvalue weighted by atomic mass is 35.5. The number of nitrogens with zero attached hydrogens (tertiary/aromatic N) is 2. The monoisotopic (exact) mass is 414 g/mol. The van der Waals surface area contributed by atoms with Crippen LogP contribution in [0.25, 0.3) is 11.1 Å². The number of hydrogen-bond donors (Lipinski definition) is 0. The van der Waals surface area contributed by atoms with Gasteiger partial charge < -0.3 is 9.64 Å². The molecule has 0 spiro atoms. The Kier molecular flexibility index (Phi) is 5.92. The van der Waals surface area contributed by atoms with E-state index in [-0.39, 0.29) is 5.91 Å². The summed E-state index contributed by atoms with van der Waals surface area (Å²) in [7, 11) is 3.21. The maximum absolute atomic E-state index is 13.1. The van der Waals surface area contributed by atoms with E-state index >= 15 is 0 Å². The van der Waals surface area contributed by atoms with E-state index in [2.05, 4.69) is 4.98 Å². The Morgan fingerprint density at radius 3 is 2.43 bits per heavy atom. The number of aromatic nitrogens is 1. The average Bonchev–Trinajstić information content (AvgIpc) is 2.67. The number of rotatable bonds is 4. The van der Waals surface area contributed by atoms with Crippen LogP contribution >= 0.6 is 23.2 Å². The average molecular weight is 415 g/mol. The number of methoxy groups -OCH3 is 1. The van der Waals surface area contributed by atoms with Crippen molar-refractivity contribution in [1.82, 2.24) is 4.98 Å². The van der Waals surface area contributed by atoms with Gasteiger partial charge in [0.1, 0.15) is 0 Å². The van der Waals surface area contributed by atoms with E-state index in [4.69, 9.17) is 27.9 Å². The van der Waals surface area contributed by atoms with Gasteiger partial charge in [0.25, 0.3) is 5.91 Å². The lowest BCUT2D eigenvalue weighted by molar-refractivity contribution is 0.0992. The van der Waals surface area contributed by atoms with Crippen molar-refractivity contribution in [1.29, 1.82) is 0 Å². The van der Waals surface area contributed by atoms with Crippen molar-refractivity contribution in [2.75, 3.05) is 19.1 Å². The predicted molar refractivity (Wildman–Crippen MR) is 115 cm³/mol. The number of carbonyl (C=O) groups is 1. The summed E-state index contributed by atoms with van der Waals surface area (Å²) in [6.45, 7) is 3.86. The number of halogens is 2. The van der Waals surface area contributed by atoms with Crippen LogP contribution in [0.2, 0.25) is 10.0 Å². The molecule has 1 heterocycles. The minimum atomic E-state index is -0.198. The van der Waals surface area contributed by atoms with Gasteiger partial charge >= 0.3 is 0 Å². The molecule has 3 rings (SSSR count). The molecule has 144 valence electrons. The summed E-state index contributed by atoms with van der Waals surface area (Å²) in [4.78, 5) is 19.1. The van der Waals surface area contributed by atoms with Crippen LogP contribution in [0.15, 0.2) is 48.5 Å². The molecule has 0 atom stereocenters. The van der Waals surface area contributed by atoms with Gasteiger partial charge in [-0.25, -0.2) is 0 Å². The molecule has 3 aromatic rings. The quantitative estimate of drug-likeness (QED) is 0.528. The summed E-state index contributed by atoms with van der Waals surface area (Å²) in [5.41, 5.74) is 4.54. The number of pyridine rings is 1. The van der Waals surface area contributed by atoms with Gasteiger partial charge in [-0.3, -0.25) is 9.78 Å². The van der Waals surface area contributed by atoms with Crippen LogP contribution in [0.5, 0.6) is 5.75 Å². The number of ether oxygens (including phenoxy) is 1. The number of carbonyl (C=O) groups excluding carboxylic acids is 1. The van der Waals surface area contributed by atoms with Gasteiger partial charge in [0, 0.05) is 40.1 Å². The molecule has 1 aromatic heterocycles. The fourth-order valence-corrected chi connectivity index (χ4v) is 3.57. The summed E-state index contributed by atoms with van der Waals surface area (Å²) in [5.74, 6) is 0.254. The van der Waals surface area contributed by atoms with Crippen molar-refractivity contribution in [3.63, 3.8) is 0 Å². The smallest absolute Gasteiger partial charge is 0.258 e. The number of aryl methyl sites for hydroxylation is 2. The molecule has 1 amide bonds. The molecule has 28 heavy (non-hydrogen) atoms. The first-order valence-electron chi connectivity index (χ1n) is 8.68. The Balaban J connectivity index is 2.03. The van der Waals surface area contributed by atoms with Crippen LogP contribution in [0.4, 0.5) is 5.69 Å². The van der Waals surface area contributed by atoms with Gasteiger partial charge in [-0.15, -0.1) is 0 Å². The SMILES string of the molecule is COc1c(Cl)cccc1N(C)C(=O)c1ccc(Cl)c(-c2ccc(C)nc2C)c1. The second-order valence-electron chi connectivity index (χ2n) is 6.44. The molecule has 0 saturated carbocycles. The van der Waals surface area contributed by atoms with Crippen LogP contribution < -0.4 is 9.64 Å². The zero-order valence-corrected chi connectivity index (χ0v) is 17.6. The first-order chi connectivity index (χ1) is 13.3. The zero-order chi connectivity index (χ0) is 20.4. The molecule has 0 radical (unpaired) electrons. The van der Waals surface area contributed by atoms with Gasteiger partial charge in [-0.2, -0.15) is 0 Å². The summed E-state index contributed by atoms with van der Waals surface area (Å²) in [6, 6.07) is 14.4. The molecule has 0 N–H and O–H groups in total. The molecule has 0 aliphatic rings. The van der Waals surface area contributed by atoms with Gasteiger partial charge in [0.05, 0.1) is 17.8 Å². The molecule has 6 heteroatoms. The maximum atomic E-state index is 13.1. The van der Waals surface area contributed by atoms with Crippen LogP contribution in [0.1, 0.15) is 21.7 Å². The summed E-state index contributed by atoms with van der Waals surface area (Å²) < 4.78 is 5.37. The van der Waals surface area contributed by atoms with Crippen molar-refractivity contribution in [3.05, 3.63) is 75.5 Å². The van der Waals surface area contributed by atoms with Crippen LogP contribution in [0.3, 0.4) is 0 Å². The predicted octanol–water partition coefficient (Wildman–Crippen LogP) is 5.96. The Bertz CT molecular complexity index is 1050. The minimum Gasteiger partial charge on any atom is -0.493 e. The van der Waals surface area contributed by atoms with E-state index < -0.39 is 0 Å². The topological polar surface area (TPSA) is 42.4 Å². The highest BCUT2D eigenvalue weighted by Crippen LogP contribution is 2.36. The summed E-state index contributed by atoms with van der Waals surface area (Å²) >= 11 is 12.6. The van der Waals surface area contributed by atoms with E-state index in [0.29, 0.717) is 27.0 Å². The number of benzene rings is 2. The molecule has 0 saturated heterocycles. The van der Waals surface area contributed by atoms with E-state index in [1.807, 2.05) is 26.0 Å². The summed E-state index contributed by atoms with van der Waals surface area (Å²) in [6.07, 6.45) is 0. The van der Waals surface area contributed by atoms with Crippen molar-refractivity contribution < 1.29 is 9.53 Å². The van der Waals surface area contributed by atoms with E-state index in [0.717, 1.165) is 22.5 Å². The van der Waals surface area contributed by atoms with Crippen molar-refractivity contribution in [3.8, 4) is 16.9 Å². The van der Waals surface area contributed by atoms with Crippen LogP contribution in [-0.4, -0.2) is 25.0 Å². The molecule has 2 aromatic carbocycles. The van der Waals surface area contributed by atoms with Gasteiger partial charge in [0.15, 0.2) is 5.75 Å². The van der Waals surface area contributed by atoms with E-state index in [9.17, 15) is 4.79 Å². The summed E-state index contributed by atoms with van der Waals surface area (Å²) in [5, 5.41) is 1.01. The van der Waals surface area contributed by atoms with Crippen molar-refractivity contribution in [2.45, 2.75) is 13.8 Å². The van der Waals surface area contributed by atoms with Crippen molar-refractivity contribution in [2.24, 2.45) is 0 Å². The minimum absolute atomic E-state index is 0.198. The van der Waals surface area contributed by atoms with E-state index in [1.165, 1.54) is 12.0 Å². The fourth-order valence-electron chi connectivity index (χ4n) is 3.10. The fraction of sp³-hybridized carbons (Fsp3) is 0.182. The first-order valence-corrected chi connectivity index (χ1v) is 9.43. The second-order valence-corrected chi connectivity index (χ2v) is 7.25. The third kappa shape index (κ3) is 3.84. The van der Waals surface area contributed by atoms with Crippen molar-refractivity contribution >= 4 is 34.8 Å². The molecule has 0 fully saturated rings. The van der Waals surface area contributed by atoms with E-state index in [1.54, 1.807) is 43.4 Å². The number of hydrogen-bond acceptors (Lipinski definition) is 3. The maximum Gasteiger partial charge on any atom is 0.258 e. The van der Waals surface area contributed by atoms with Gasteiger partial charge in [-0.05, 0) is 50.2 Å². The lowest BCUT2D eigenvalue weighted by Crippen LogP contribution is -2.26. The third-order valence-corrected chi connectivity index (χ3v) is 5.17. The van der Waals surface area contributed by atoms with Crippen LogP contribution in [-0.2, 0) is 0 Å². The normalized spacial score (nSPS) is 10.6. The van der Waals surface area contributed by atoms with Gasteiger partial charge in [-0.1, -0.05) is 35.3 Å². The first kappa shape index (κ1) is 20.2. The zero-order valence-electron chi connectivity index (χ0n) is 16.1.